The molecule has 0 aliphatic carbocycles. The second kappa shape index (κ2) is 9.38. The summed E-state index contributed by atoms with van der Waals surface area (Å²) in [5.41, 5.74) is 6.57. The van der Waals surface area contributed by atoms with E-state index in [2.05, 4.69) is 5.32 Å². The molecule has 0 bridgehead atoms. The van der Waals surface area contributed by atoms with Crippen molar-refractivity contribution >= 4 is 23.4 Å². The number of nitrogens with two attached hydrogens (primary N) is 1. The summed E-state index contributed by atoms with van der Waals surface area (Å²) in [4.78, 5) is 37.2. The van der Waals surface area contributed by atoms with Crippen molar-refractivity contribution < 1.29 is 19.1 Å². The predicted octanol–water partition coefficient (Wildman–Crippen LogP) is 2.29. The molecule has 0 unspecified atom stereocenters. The van der Waals surface area contributed by atoms with Crippen molar-refractivity contribution in [2.24, 2.45) is 5.73 Å². The van der Waals surface area contributed by atoms with Gasteiger partial charge in [0, 0.05) is 29.9 Å². The molecule has 0 saturated heterocycles. The van der Waals surface area contributed by atoms with Crippen LogP contribution in [0.5, 0.6) is 5.75 Å². The third kappa shape index (κ3) is 5.57. The molecule has 3 N–H and O–H groups in total. The maximum Gasteiger partial charge on any atom is 0.262 e. The molecule has 0 radical (unpaired) electrons. The average Bonchev–Trinajstić information content (AvgIpc) is 2.67. The molecule has 2 rings (SSSR count). The summed E-state index contributed by atoms with van der Waals surface area (Å²) in [5, 5.41) is 2.70. The number of carbonyl (C=O) groups is 3. The molecule has 7 nitrogen and oxygen atoms in total. The van der Waals surface area contributed by atoms with Gasteiger partial charge in [0.05, 0.1) is 0 Å². The SMILES string of the molecule is CCN(CC)C(=O)c1cccc(NC(=O)COc2ccc(C(N)=O)cc2)c1. The lowest BCUT2D eigenvalue weighted by atomic mass is 10.1. The van der Waals surface area contributed by atoms with Crippen LogP contribution in [-0.2, 0) is 4.79 Å². The van der Waals surface area contributed by atoms with Crippen molar-refractivity contribution in [3.05, 3.63) is 59.7 Å². The Morgan fingerprint density at radius 1 is 1.00 bits per heavy atom. The van der Waals surface area contributed by atoms with Crippen molar-refractivity contribution in [2.75, 3.05) is 25.0 Å². The number of hydrogen-bond acceptors (Lipinski definition) is 4. The zero-order valence-electron chi connectivity index (χ0n) is 15.4. The van der Waals surface area contributed by atoms with Crippen LogP contribution >= 0.6 is 0 Å². The lowest BCUT2D eigenvalue weighted by Gasteiger charge is -2.19. The molecular formula is C20H23N3O4. The molecule has 0 saturated carbocycles. The van der Waals surface area contributed by atoms with Crippen LogP contribution in [-0.4, -0.2) is 42.3 Å². The summed E-state index contributed by atoms with van der Waals surface area (Å²) in [5.74, 6) is -0.526. The highest BCUT2D eigenvalue weighted by Crippen LogP contribution is 2.14. The van der Waals surface area contributed by atoms with E-state index in [9.17, 15) is 14.4 Å². The molecule has 0 spiro atoms. The van der Waals surface area contributed by atoms with E-state index in [4.69, 9.17) is 10.5 Å². The first-order chi connectivity index (χ1) is 12.9. The summed E-state index contributed by atoms with van der Waals surface area (Å²) < 4.78 is 5.39. The number of ether oxygens (including phenoxy) is 1. The molecule has 7 heteroatoms. The minimum Gasteiger partial charge on any atom is -0.484 e. The summed E-state index contributed by atoms with van der Waals surface area (Å²) >= 11 is 0. The molecule has 0 heterocycles. The van der Waals surface area contributed by atoms with Crippen LogP contribution in [0.3, 0.4) is 0 Å². The Hall–Kier alpha value is -3.35. The molecule has 0 aliphatic heterocycles. The predicted molar refractivity (Wildman–Crippen MR) is 103 cm³/mol. The first-order valence-corrected chi connectivity index (χ1v) is 8.66. The lowest BCUT2D eigenvalue weighted by Crippen LogP contribution is -2.30. The van der Waals surface area contributed by atoms with E-state index in [1.165, 1.54) is 12.1 Å². The second-order valence-corrected chi connectivity index (χ2v) is 5.78. The smallest absolute Gasteiger partial charge is 0.262 e. The van der Waals surface area contributed by atoms with E-state index >= 15 is 0 Å². The van der Waals surface area contributed by atoms with Crippen LogP contribution in [0.1, 0.15) is 34.6 Å². The largest absolute Gasteiger partial charge is 0.484 e. The number of nitrogens with zero attached hydrogens (tertiary/aromatic N) is 1. The Balaban J connectivity index is 1.94. The van der Waals surface area contributed by atoms with Gasteiger partial charge in [-0.25, -0.2) is 0 Å². The van der Waals surface area contributed by atoms with Crippen molar-refractivity contribution in [1.82, 2.24) is 4.90 Å². The summed E-state index contributed by atoms with van der Waals surface area (Å²) in [7, 11) is 0. The zero-order chi connectivity index (χ0) is 19.8. The highest BCUT2D eigenvalue weighted by Gasteiger charge is 2.13. The van der Waals surface area contributed by atoms with Gasteiger partial charge >= 0.3 is 0 Å². The maximum atomic E-state index is 12.4. The standard InChI is InChI=1S/C20H23N3O4/c1-3-23(4-2)20(26)15-6-5-7-16(12-15)22-18(24)13-27-17-10-8-14(9-11-17)19(21)25/h5-12H,3-4,13H2,1-2H3,(H2,21,25)(H,22,24). The van der Waals surface area contributed by atoms with Crippen molar-refractivity contribution in [3.63, 3.8) is 0 Å². The summed E-state index contributed by atoms with van der Waals surface area (Å²) in [6.07, 6.45) is 0. The van der Waals surface area contributed by atoms with Gasteiger partial charge in [-0.1, -0.05) is 6.07 Å². The van der Waals surface area contributed by atoms with E-state index in [-0.39, 0.29) is 18.4 Å². The minimum atomic E-state index is -0.529. The van der Waals surface area contributed by atoms with Crippen molar-refractivity contribution in [3.8, 4) is 5.75 Å². The van der Waals surface area contributed by atoms with Gasteiger partial charge in [-0.05, 0) is 56.3 Å². The third-order valence-electron chi connectivity index (χ3n) is 3.95. The molecule has 0 atom stereocenters. The van der Waals surface area contributed by atoms with Gasteiger partial charge in [0.15, 0.2) is 6.61 Å². The molecule has 0 aromatic heterocycles. The molecule has 27 heavy (non-hydrogen) atoms. The Morgan fingerprint density at radius 2 is 1.67 bits per heavy atom. The van der Waals surface area contributed by atoms with Crippen molar-refractivity contribution in [1.29, 1.82) is 0 Å². The van der Waals surface area contributed by atoms with Gasteiger partial charge in [0.2, 0.25) is 5.91 Å². The number of hydrogen-bond donors (Lipinski definition) is 2. The highest BCUT2D eigenvalue weighted by atomic mass is 16.5. The third-order valence-corrected chi connectivity index (χ3v) is 3.95. The molecule has 2 aromatic carbocycles. The molecule has 0 fully saturated rings. The number of primary amides is 1. The fourth-order valence-electron chi connectivity index (χ4n) is 2.48. The zero-order valence-corrected chi connectivity index (χ0v) is 15.4. The van der Waals surface area contributed by atoms with Gasteiger partial charge in [-0.3, -0.25) is 14.4 Å². The first kappa shape index (κ1) is 20.0. The Labute approximate surface area is 158 Å². The fourth-order valence-corrected chi connectivity index (χ4v) is 2.48. The minimum absolute atomic E-state index is 0.0816. The van der Waals surface area contributed by atoms with Crippen LogP contribution < -0.4 is 15.8 Å². The molecule has 142 valence electrons. The van der Waals surface area contributed by atoms with E-state index in [0.717, 1.165) is 0 Å². The Kier molecular flexibility index (Phi) is 6.93. The van der Waals surface area contributed by atoms with E-state index < -0.39 is 5.91 Å². The van der Waals surface area contributed by atoms with Crippen LogP contribution in [0.2, 0.25) is 0 Å². The first-order valence-electron chi connectivity index (χ1n) is 8.66. The van der Waals surface area contributed by atoms with Crippen LogP contribution in [0.25, 0.3) is 0 Å². The lowest BCUT2D eigenvalue weighted by molar-refractivity contribution is -0.118. The van der Waals surface area contributed by atoms with Gasteiger partial charge < -0.3 is 20.7 Å². The van der Waals surface area contributed by atoms with Gasteiger partial charge in [0.25, 0.3) is 11.8 Å². The van der Waals surface area contributed by atoms with Crippen LogP contribution in [0, 0.1) is 0 Å². The normalized spacial score (nSPS) is 10.1. The van der Waals surface area contributed by atoms with Crippen molar-refractivity contribution in [2.45, 2.75) is 13.8 Å². The average molecular weight is 369 g/mol. The van der Waals surface area contributed by atoms with Crippen LogP contribution in [0.15, 0.2) is 48.5 Å². The Morgan fingerprint density at radius 3 is 2.26 bits per heavy atom. The van der Waals surface area contributed by atoms with E-state index in [1.54, 1.807) is 41.3 Å². The van der Waals surface area contributed by atoms with Gasteiger partial charge in [-0.15, -0.1) is 0 Å². The molecule has 3 amide bonds. The topological polar surface area (TPSA) is 102 Å². The van der Waals surface area contributed by atoms with Gasteiger partial charge in [0.1, 0.15) is 5.75 Å². The molecular weight excluding hydrogens is 346 g/mol. The maximum absolute atomic E-state index is 12.4. The highest BCUT2D eigenvalue weighted by molar-refractivity contribution is 5.97. The number of rotatable bonds is 8. The summed E-state index contributed by atoms with van der Waals surface area (Å²) in [6, 6.07) is 13.0. The van der Waals surface area contributed by atoms with E-state index in [1.807, 2.05) is 13.8 Å². The number of nitrogens with one attached hydrogen (secondary N) is 1. The molecule has 0 aliphatic rings. The van der Waals surface area contributed by atoms with E-state index in [0.29, 0.717) is 35.7 Å². The second-order valence-electron chi connectivity index (χ2n) is 5.78. The van der Waals surface area contributed by atoms with Crippen LogP contribution in [0.4, 0.5) is 5.69 Å². The quantitative estimate of drug-likeness (QED) is 0.745. The number of benzene rings is 2. The monoisotopic (exact) mass is 369 g/mol. The fraction of sp³-hybridized carbons (Fsp3) is 0.250. The number of carbonyl (C=O) groups excluding carboxylic acids is 3. The summed E-state index contributed by atoms with van der Waals surface area (Å²) in [6.45, 7) is 4.87. The number of amides is 3. The number of anilines is 1. The Bertz CT molecular complexity index is 814. The molecule has 2 aromatic rings. The van der Waals surface area contributed by atoms with Gasteiger partial charge in [-0.2, -0.15) is 0 Å².